The predicted molar refractivity (Wildman–Crippen MR) is 75.6 cm³/mol. The Bertz CT molecular complexity index is 495. The van der Waals surface area contributed by atoms with Gasteiger partial charge in [-0.1, -0.05) is 12.8 Å². The molecule has 0 radical (unpaired) electrons. The van der Waals surface area contributed by atoms with Gasteiger partial charge in [-0.15, -0.1) is 0 Å². The van der Waals surface area contributed by atoms with Crippen molar-refractivity contribution < 1.29 is 9.90 Å². The third kappa shape index (κ3) is 2.46. The molecule has 0 spiro atoms. The summed E-state index contributed by atoms with van der Waals surface area (Å²) < 4.78 is 1.72. The second-order valence-electron chi connectivity index (χ2n) is 6.16. The molecule has 5 nitrogen and oxygen atoms in total. The number of nitrogens with zero attached hydrogens (tertiary/aromatic N) is 3. The van der Waals surface area contributed by atoms with Crippen LogP contribution in [0.15, 0.2) is 6.20 Å². The summed E-state index contributed by atoms with van der Waals surface area (Å²) in [4.78, 5) is 13.8. The Kier molecular flexibility index (Phi) is 3.78. The van der Waals surface area contributed by atoms with Gasteiger partial charge < -0.3 is 5.11 Å². The minimum atomic E-state index is -0.870. The molecule has 2 unspecified atom stereocenters. The molecule has 1 aromatic heterocycles. The van der Waals surface area contributed by atoms with E-state index in [0.717, 1.165) is 24.7 Å². The molecule has 3 rings (SSSR count). The maximum Gasteiger partial charge on any atom is 0.339 e. The summed E-state index contributed by atoms with van der Waals surface area (Å²) in [5.41, 5.74) is 1.19. The van der Waals surface area contributed by atoms with E-state index in [-0.39, 0.29) is 0 Å². The SMILES string of the molecule is Cn1ncc(C(=O)O)c1CN1CCCC2CCCCC21. The predicted octanol–water partition coefficient (Wildman–Crippen LogP) is 2.27. The Balaban J connectivity index is 1.79. The molecule has 1 saturated carbocycles. The summed E-state index contributed by atoms with van der Waals surface area (Å²) in [7, 11) is 1.84. The monoisotopic (exact) mass is 277 g/mol. The number of hydrogen-bond acceptors (Lipinski definition) is 3. The third-order valence-electron chi connectivity index (χ3n) is 5.00. The van der Waals surface area contributed by atoms with Gasteiger partial charge in [-0.3, -0.25) is 9.58 Å². The average molecular weight is 277 g/mol. The van der Waals surface area contributed by atoms with Crippen LogP contribution in [0, 0.1) is 5.92 Å². The summed E-state index contributed by atoms with van der Waals surface area (Å²) in [6.45, 7) is 1.81. The number of hydrogen-bond donors (Lipinski definition) is 1. The van der Waals surface area contributed by atoms with Crippen LogP contribution in [0.25, 0.3) is 0 Å². The molecule has 1 saturated heterocycles. The zero-order valence-electron chi connectivity index (χ0n) is 12.1. The van der Waals surface area contributed by atoms with E-state index in [4.69, 9.17) is 0 Å². The van der Waals surface area contributed by atoms with E-state index in [1.807, 2.05) is 7.05 Å². The lowest BCUT2D eigenvalue weighted by atomic mass is 9.78. The highest BCUT2D eigenvalue weighted by Crippen LogP contribution is 2.36. The molecule has 1 aromatic rings. The number of piperidine rings is 1. The molecule has 1 aliphatic carbocycles. The molecular formula is C15H23N3O2. The van der Waals surface area contributed by atoms with E-state index in [2.05, 4.69) is 10.00 Å². The minimum absolute atomic E-state index is 0.352. The molecule has 110 valence electrons. The van der Waals surface area contributed by atoms with Gasteiger partial charge in [-0.25, -0.2) is 4.79 Å². The first-order valence-electron chi connectivity index (χ1n) is 7.65. The quantitative estimate of drug-likeness (QED) is 0.921. The van der Waals surface area contributed by atoms with Gasteiger partial charge in [0.05, 0.1) is 11.9 Å². The molecule has 2 atom stereocenters. The molecule has 0 bridgehead atoms. The smallest absolute Gasteiger partial charge is 0.339 e. The van der Waals surface area contributed by atoms with Crippen molar-refractivity contribution in [2.24, 2.45) is 13.0 Å². The number of likely N-dealkylation sites (tertiary alicyclic amines) is 1. The van der Waals surface area contributed by atoms with E-state index in [1.165, 1.54) is 44.7 Å². The first-order valence-corrected chi connectivity index (χ1v) is 7.65. The highest BCUT2D eigenvalue weighted by molar-refractivity contribution is 5.88. The molecule has 2 fully saturated rings. The number of rotatable bonds is 3. The van der Waals surface area contributed by atoms with E-state index in [9.17, 15) is 9.90 Å². The molecule has 5 heteroatoms. The van der Waals surface area contributed by atoms with Crippen LogP contribution in [0.2, 0.25) is 0 Å². The van der Waals surface area contributed by atoms with Crippen molar-refractivity contribution in [2.75, 3.05) is 6.54 Å². The third-order valence-corrected chi connectivity index (χ3v) is 5.00. The van der Waals surface area contributed by atoms with Crippen LogP contribution < -0.4 is 0 Å². The Morgan fingerprint density at radius 3 is 2.90 bits per heavy atom. The van der Waals surface area contributed by atoms with Crippen molar-refractivity contribution in [3.63, 3.8) is 0 Å². The van der Waals surface area contributed by atoms with Crippen LogP contribution in [0.5, 0.6) is 0 Å². The Labute approximate surface area is 119 Å². The summed E-state index contributed by atoms with van der Waals surface area (Å²) in [6, 6.07) is 0.647. The van der Waals surface area contributed by atoms with E-state index < -0.39 is 5.97 Å². The topological polar surface area (TPSA) is 58.4 Å². The molecule has 2 heterocycles. The first-order chi connectivity index (χ1) is 9.66. The lowest BCUT2D eigenvalue weighted by Crippen LogP contribution is -2.46. The number of aromatic nitrogens is 2. The van der Waals surface area contributed by atoms with Gasteiger partial charge in [-0.05, 0) is 38.1 Å². The van der Waals surface area contributed by atoms with Crippen LogP contribution in [-0.4, -0.2) is 38.3 Å². The zero-order valence-corrected chi connectivity index (χ0v) is 12.1. The van der Waals surface area contributed by atoms with Crippen molar-refractivity contribution in [2.45, 2.75) is 51.1 Å². The van der Waals surface area contributed by atoms with Crippen molar-refractivity contribution in [3.05, 3.63) is 17.5 Å². The van der Waals surface area contributed by atoms with Gasteiger partial charge in [0.15, 0.2) is 0 Å². The molecule has 20 heavy (non-hydrogen) atoms. The van der Waals surface area contributed by atoms with Crippen LogP contribution in [0.3, 0.4) is 0 Å². The fourth-order valence-corrected chi connectivity index (χ4v) is 3.95. The molecule has 0 amide bonds. The number of aryl methyl sites for hydroxylation is 1. The van der Waals surface area contributed by atoms with Gasteiger partial charge in [0.25, 0.3) is 0 Å². The molecule has 1 N–H and O–H groups in total. The van der Waals surface area contributed by atoms with Gasteiger partial charge in [0.2, 0.25) is 0 Å². The fourth-order valence-electron chi connectivity index (χ4n) is 3.95. The summed E-state index contributed by atoms with van der Waals surface area (Å²) in [6.07, 6.45) is 9.35. The second-order valence-corrected chi connectivity index (χ2v) is 6.16. The second kappa shape index (κ2) is 5.56. The number of fused-ring (bicyclic) bond motifs is 1. The van der Waals surface area contributed by atoms with E-state index in [0.29, 0.717) is 11.6 Å². The molecule has 0 aromatic carbocycles. The molecule has 1 aliphatic heterocycles. The van der Waals surface area contributed by atoms with Crippen molar-refractivity contribution in [3.8, 4) is 0 Å². The first kappa shape index (κ1) is 13.6. The van der Waals surface area contributed by atoms with Crippen molar-refractivity contribution in [1.29, 1.82) is 0 Å². The molecule has 2 aliphatic rings. The summed E-state index contributed by atoms with van der Waals surface area (Å²) in [5.74, 6) is -0.0516. The Morgan fingerprint density at radius 1 is 1.35 bits per heavy atom. The minimum Gasteiger partial charge on any atom is -0.478 e. The van der Waals surface area contributed by atoms with Crippen molar-refractivity contribution >= 4 is 5.97 Å². The maximum absolute atomic E-state index is 11.3. The lowest BCUT2D eigenvalue weighted by molar-refractivity contribution is 0.0517. The van der Waals surface area contributed by atoms with Crippen LogP contribution in [0.1, 0.15) is 54.6 Å². The summed E-state index contributed by atoms with van der Waals surface area (Å²) in [5, 5.41) is 13.4. The zero-order chi connectivity index (χ0) is 14.1. The van der Waals surface area contributed by atoms with E-state index >= 15 is 0 Å². The number of carboxylic acids is 1. The standard InChI is InChI=1S/C15H23N3O2/c1-17-14(12(9-16-17)15(19)20)10-18-8-4-6-11-5-2-3-7-13(11)18/h9,11,13H,2-8,10H2,1H3,(H,19,20). The van der Waals surface area contributed by atoms with E-state index in [1.54, 1.807) is 4.68 Å². The highest BCUT2D eigenvalue weighted by Gasteiger charge is 2.34. The Hall–Kier alpha value is -1.36. The Morgan fingerprint density at radius 2 is 2.10 bits per heavy atom. The van der Waals surface area contributed by atoms with Gasteiger partial charge in [-0.2, -0.15) is 5.10 Å². The maximum atomic E-state index is 11.3. The number of carboxylic acid groups (broad SMARTS) is 1. The number of carbonyl (C=O) groups is 1. The van der Waals surface area contributed by atoms with Crippen LogP contribution >= 0.6 is 0 Å². The largest absolute Gasteiger partial charge is 0.478 e. The van der Waals surface area contributed by atoms with Crippen LogP contribution in [0.4, 0.5) is 0 Å². The number of aromatic carboxylic acids is 1. The average Bonchev–Trinajstić information content (AvgIpc) is 2.81. The normalized spacial score (nSPS) is 27.2. The fraction of sp³-hybridized carbons (Fsp3) is 0.733. The highest BCUT2D eigenvalue weighted by atomic mass is 16.4. The van der Waals surface area contributed by atoms with Crippen LogP contribution in [-0.2, 0) is 13.6 Å². The molecular weight excluding hydrogens is 254 g/mol. The van der Waals surface area contributed by atoms with Crippen molar-refractivity contribution in [1.82, 2.24) is 14.7 Å². The van der Waals surface area contributed by atoms with Gasteiger partial charge >= 0.3 is 5.97 Å². The summed E-state index contributed by atoms with van der Waals surface area (Å²) >= 11 is 0. The van der Waals surface area contributed by atoms with Gasteiger partial charge in [0.1, 0.15) is 5.56 Å². The lowest BCUT2D eigenvalue weighted by Gasteiger charge is -2.44. The van der Waals surface area contributed by atoms with Gasteiger partial charge in [0, 0.05) is 19.6 Å².